The Morgan fingerprint density at radius 1 is 1.06 bits per heavy atom. The molecule has 1 saturated heterocycles. The number of carboxylic acid groups (broad SMARTS) is 1. The van der Waals surface area contributed by atoms with Crippen LogP contribution in [0, 0.1) is 0 Å². The van der Waals surface area contributed by atoms with Gasteiger partial charge in [0.05, 0.1) is 18.7 Å². The van der Waals surface area contributed by atoms with Crippen molar-refractivity contribution in [2.75, 3.05) is 13.1 Å². The molecule has 3 heterocycles. The Morgan fingerprint density at radius 3 is 2.53 bits per heavy atom. The van der Waals surface area contributed by atoms with Crippen LogP contribution in [0.1, 0.15) is 40.5 Å². The summed E-state index contributed by atoms with van der Waals surface area (Å²) in [6.45, 7) is 3.75. The Hall–Kier alpha value is -3.61. The van der Waals surface area contributed by atoms with Gasteiger partial charge < -0.3 is 19.5 Å². The van der Waals surface area contributed by atoms with Gasteiger partial charge in [0.1, 0.15) is 6.04 Å². The van der Waals surface area contributed by atoms with Crippen LogP contribution in [0.25, 0.3) is 10.9 Å². The van der Waals surface area contributed by atoms with Crippen molar-refractivity contribution in [3.05, 3.63) is 70.9 Å². The van der Waals surface area contributed by atoms with Gasteiger partial charge in [-0.1, -0.05) is 37.3 Å². The number of carbonyl (C=O) groups excluding carboxylic acids is 2. The molecule has 164 valence electrons. The Morgan fingerprint density at radius 2 is 1.81 bits per heavy atom. The van der Waals surface area contributed by atoms with Crippen LogP contribution in [-0.2, 0) is 29.1 Å². The zero-order valence-electron chi connectivity index (χ0n) is 18.0. The van der Waals surface area contributed by atoms with Gasteiger partial charge in [-0.25, -0.2) is 4.79 Å². The topological polar surface area (TPSA) is 82.8 Å². The molecule has 1 aromatic heterocycles. The van der Waals surface area contributed by atoms with Gasteiger partial charge in [-0.3, -0.25) is 9.59 Å². The molecule has 0 radical (unpaired) electrons. The van der Waals surface area contributed by atoms with Crippen LogP contribution in [0.4, 0.5) is 0 Å². The highest BCUT2D eigenvalue weighted by Crippen LogP contribution is 2.35. The number of carboxylic acids is 1. The van der Waals surface area contributed by atoms with E-state index < -0.39 is 12.0 Å². The number of para-hydroxylation sites is 1. The Kier molecular flexibility index (Phi) is 4.96. The first-order chi connectivity index (χ1) is 15.5. The van der Waals surface area contributed by atoms with Crippen molar-refractivity contribution in [2.24, 2.45) is 0 Å². The van der Waals surface area contributed by atoms with Crippen molar-refractivity contribution in [3.63, 3.8) is 0 Å². The summed E-state index contributed by atoms with van der Waals surface area (Å²) in [6, 6.07) is 14.6. The highest BCUT2D eigenvalue weighted by Gasteiger charge is 2.43. The number of piperazine rings is 1. The lowest BCUT2D eigenvalue weighted by Crippen LogP contribution is -2.61. The fourth-order valence-electron chi connectivity index (χ4n) is 5.01. The lowest BCUT2D eigenvalue weighted by atomic mass is 9.94. The minimum atomic E-state index is -0.947. The van der Waals surface area contributed by atoms with Gasteiger partial charge in [-0.15, -0.1) is 0 Å². The van der Waals surface area contributed by atoms with Crippen LogP contribution < -0.4 is 0 Å². The molecule has 7 nitrogen and oxygen atoms in total. The summed E-state index contributed by atoms with van der Waals surface area (Å²) in [4.78, 5) is 40.6. The molecule has 7 heteroatoms. The number of aromatic nitrogens is 1. The molecule has 1 atom stereocenters. The standard InChI is InChI=1S/C25H25N3O4/c1-2-11-26-15-23(29)28-14-22-19(12-21(28)24(26)30)18-5-3-4-6-20(18)27(22)13-16-7-9-17(10-8-16)25(31)32/h3-10,21H,2,11-15H2,1H3,(H,31,32). The maximum atomic E-state index is 13.1. The SMILES string of the molecule is CCCN1CC(=O)N2Cc3c(c4ccccc4n3Cc3ccc(C(=O)O)cc3)CC2C1=O. The molecule has 1 unspecified atom stereocenters. The van der Waals surface area contributed by atoms with E-state index in [0.29, 0.717) is 26.1 Å². The van der Waals surface area contributed by atoms with Crippen LogP contribution >= 0.6 is 0 Å². The number of rotatable bonds is 5. The van der Waals surface area contributed by atoms with Crippen molar-refractivity contribution in [2.45, 2.75) is 38.9 Å². The van der Waals surface area contributed by atoms with Gasteiger partial charge in [0.2, 0.25) is 11.8 Å². The van der Waals surface area contributed by atoms with Crippen molar-refractivity contribution < 1.29 is 19.5 Å². The zero-order chi connectivity index (χ0) is 22.4. The molecular formula is C25H25N3O4. The van der Waals surface area contributed by atoms with Gasteiger partial charge in [-0.2, -0.15) is 0 Å². The van der Waals surface area contributed by atoms with Crippen LogP contribution in [0.3, 0.4) is 0 Å². The highest BCUT2D eigenvalue weighted by atomic mass is 16.4. The number of hydrogen-bond acceptors (Lipinski definition) is 3. The molecular weight excluding hydrogens is 406 g/mol. The van der Waals surface area contributed by atoms with Crippen LogP contribution in [-0.4, -0.2) is 56.4 Å². The Balaban J connectivity index is 1.55. The van der Waals surface area contributed by atoms with E-state index in [1.54, 1.807) is 21.9 Å². The second-order valence-electron chi connectivity index (χ2n) is 8.53. The molecule has 5 rings (SSSR count). The molecule has 0 saturated carbocycles. The summed E-state index contributed by atoms with van der Waals surface area (Å²) in [6.07, 6.45) is 1.35. The van der Waals surface area contributed by atoms with Gasteiger partial charge in [0.15, 0.2) is 0 Å². The predicted molar refractivity (Wildman–Crippen MR) is 119 cm³/mol. The van der Waals surface area contributed by atoms with E-state index in [9.17, 15) is 14.4 Å². The van der Waals surface area contributed by atoms with Crippen molar-refractivity contribution in [1.29, 1.82) is 0 Å². The lowest BCUT2D eigenvalue weighted by molar-refractivity contribution is -0.157. The molecule has 2 aromatic carbocycles. The first-order valence-electron chi connectivity index (χ1n) is 11.0. The molecule has 1 fully saturated rings. The van der Waals surface area contributed by atoms with Crippen LogP contribution in [0.5, 0.6) is 0 Å². The summed E-state index contributed by atoms with van der Waals surface area (Å²) in [5, 5.41) is 10.3. The fourth-order valence-corrected chi connectivity index (χ4v) is 5.01. The van der Waals surface area contributed by atoms with Crippen molar-refractivity contribution in [1.82, 2.24) is 14.4 Å². The maximum Gasteiger partial charge on any atom is 0.335 e. The number of hydrogen-bond donors (Lipinski definition) is 1. The third kappa shape index (κ3) is 3.25. The van der Waals surface area contributed by atoms with E-state index >= 15 is 0 Å². The molecule has 0 spiro atoms. The maximum absolute atomic E-state index is 13.1. The van der Waals surface area contributed by atoms with Crippen LogP contribution in [0.2, 0.25) is 0 Å². The molecule has 2 aliphatic heterocycles. The predicted octanol–water partition coefficient (Wildman–Crippen LogP) is 2.89. The minimum absolute atomic E-state index is 0.00341. The third-order valence-electron chi connectivity index (χ3n) is 6.57. The van der Waals surface area contributed by atoms with Crippen molar-refractivity contribution >= 4 is 28.7 Å². The zero-order valence-corrected chi connectivity index (χ0v) is 18.0. The summed E-state index contributed by atoms with van der Waals surface area (Å²) in [5.74, 6) is -0.911. The quantitative estimate of drug-likeness (QED) is 0.673. The van der Waals surface area contributed by atoms with Gasteiger partial charge >= 0.3 is 5.97 Å². The molecule has 0 bridgehead atoms. The summed E-state index contributed by atoms with van der Waals surface area (Å²) in [7, 11) is 0. The first kappa shape index (κ1) is 20.3. The number of aromatic carboxylic acids is 1. The molecule has 32 heavy (non-hydrogen) atoms. The number of benzene rings is 2. The second-order valence-corrected chi connectivity index (χ2v) is 8.53. The van der Waals surface area contributed by atoms with E-state index in [-0.39, 0.29) is 23.9 Å². The summed E-state index contributed by atoms with van der Waals surface area (Å²) >= 11 is 0. The third-order valence-corrected chi connectivity index (χ3v) is 6.57. The number of fused-ring (bicyclic) bond motifs is 4. The highest BCUT2D eigenvalue weighted by molar-refractivity contribution is 5.97. The summed E-state index contributed by atoms with van der Waals surface area (Å²) < 4.78 is 2.20. The summed E-state index contributed by atoms with van der Waals surface area (Å²) in [5.41, 5.74) is 4.48. The fraction of sp³-hybridized carbons (Fsp3) is 0.320. The number of carbonyl (C=O) groups is 3. The lowest BCUT2D eigenvalue weighted by Gasteiger charge is -2.43. The van der Waals surface area contributed by atoms with Crippen molar-refractivity contribution in [3.8, 4) is 0 Å². The molecule has 0 aliphatic carbocycles. The van der Waals surface area contributed by atoms with E-state index in [1.165, 1.54) is 0 Å². The van der Waals surface area contributed by atoms with Crippen LogP contribution in [0.15, 0.2) is 48.5 Å². The number of nitrogens with zero attached hydrogens (tertiary/aromatic N) is 3. The Bertz CT molecular complexity index is 1230. The molecule has 2 aliphatic rings. The average Bonchev–Trinajstić information content (AvgIpc) is 3.10. The normalized spacial score (nSPS) is 18.1. The monoisotopic (exact) mass is 431 g/mol. The smallest absolute Gasteiger partial charge is 0.335 e. The van der Waals surface area contributed by atoms with E-state index in [1.807, 2.05) is 31.2 Å². The average molecular weight is 431 g/mol. The first-order valence-corrected chi connectivity index (χ1v) is 11.0. The minimum Gasteiger partial charge on any atom is -0.478 e. The van der Waals surface area contributed by atoms with E-state index in [2.05, 4.69) is 16.7 Å². The second kappa shape index (κ2) is 7.82. The van der Waals surface area contributed by atoms with Gasteiger partial charge in [0, 0.05) is 36.1 Å². The van der Waals surface area contributed by atoms with E-state index in [0.717, 1.165) is 34.1 Å². The van der Waals surface area contributed by atoms with E-state index in [4.69, 9.17) is 5.11 Å². The van der Waals surface area contributed by atoms with Gasteiger partial charge in [0.25, 0.3) is 0 Å². The van der Waals surface area contributed by atoms with Gasteiger partial charge in [-0.05, 0) is 35.7 Å². The molecule has 1 N–H and O–H groups in total. The molecule has 2 amide bonds. The largest absolute Gasteiger partial charge is 0.478 e. The molecule has 3 aromatic rings. The Labute approximate surface area is 185 Å². The number of amides is 2.